The van der Waals surface area contributed by atoms with Crippen LogP contribution in [0.4, 0.5) is 11.4 Å². The molecular weight excluding hydrogens is 262 g/mol. The van der Waals surface area contributed by atoms with E-state index in [0.717, 1.165) is 18.7 Å². The summed E-state index contributed by atoms with van der Waals surface area (Å²) in [6.07, 6.45) is 1.05. The SMILES string of the molecule is CCCNc1ccc(C(=O)Nc2cccc(C#N)c2)cc1. The molecule has 0 spiro atoms. The molecule has 2 aromatic carbocycles. The number of hydrogen-bond donors (Lipinski definition) is 2. The Morgan fingerprint density at radius 3 is 2.57 bits per heavy atom. The van der Waals surface area contributed by atoms with Gasteiger partial charge in [0.1, 0.15) is 0 Å². The molecule has 0 aliphatic heterocycles. The van der Waals surface area contributed by atoms with Crippen LogP contribution in [0.1, 0.15) is 29.3 Å². The van der Waals surface area contributed by atoms with Gasteiger partial charge in [-0.15, -0.1) is 0 Å². The number of anilines is 2. The van der Waals surface area contributed by atoms with Crippen molar-refractivity contribution in [2.45, 2.75) is 13.3 Å². The first-order chi connectivity index (χ1) is 10.2. The summed E-state index contributed by atoms with van der Waals surface area (Å²) in [5.74, 6) is -0.188. The number of nitrogens with one attached hydrogen (secondary N) is 2. The standard InChI is InChI=1S/C17H17N3O/c1-2-10-19-15-8-6-14(7-9-15)17(21)20-16-5-3-4-13(11-16)12-18/h3-9,11,19H,2,10H2,1H3,(H,20,21). The van der Waals surface area contributed by atoms with Crippen molar-refractivity contribution >= 4 is 17.3 Å². The normalized spacial score (nSPS) is 9.71. The van der Waals surface area contributed by atoms with Crippen LogP contribution in [0.25, 0.3) is 0 Å². The minimum Gasteiger partial charge on any atom is -0.385 e. The first kappa shape index (κ1) is 14.6. The van der Waals surface area contributed by atoms with Gasteiger partial charge in [0.2, 0.25) is 0 Å². The second kappa shape index (κ2) is 7.11. The molecule has 4 heteroatoms. The number of nitriles is 1. The first-order valence-corrected chi connectivity index (χ1v) is 6.88. The van der Waals surface area contributed by atoms with E-state index < -0.39 is 0 Å². The molecule has 0 aromatic heterocycles. The molecule has 21 heavy (non-hydrogen) atoms. The maximum Gasteiger partial charge on any atom is 0.255 e. The van der Waals surface area contributed by atoms with Crippen molar-refractivity contribution in [1.82, 2.24) is 0 Å². The van der Waals surface area contributed by atoms with Crippen molar-refractivity contribution in [3.63, 3.8) is 0 Å². The third kappa shape index (κ3) is 4.08. The van der Waals surface area contributed by atoms with Gasteiger partial charge >= 0.3 is 0 Å². The van der Waals surface area contributed by atoms with E-state index in [1.165, 1.54) is 0 Å². The first-order valence-electron chi connectivity index (χ1n) is 6.88. The molecule has 0 bridgehead atoms. The zero-order valence-corrected chi connectivity index (χ0v) is 11.9. The highest BCUT2D eigenvalue weighted by atomic mass is 16.1. The maximum absolute atomic E-state index is 12.1. The van der Waals surface area contributed by atoms with E-state index in [4.69, 9.17) is 5.26 Å². The molecular formula is C17H17N3O. The highest BCUT2D eigenvalue weighted by Crippen LogP contribution is 2.14. The van der Waals surface area contributed by atoms with Gasteiger partial charge in [0.25, 0.3) is 5.91 Å². The van der Waals surface area contributed by atoms with Gasteiger partial charge in [0.05, 0.1) is 11.6 Å². The predicted octanol–water partition coefficient (Wildman–Crippen LogP) is 3.63. The molecule has 0 aliphatic carbocycles. The Labute approximate surface area is 124 Å². The van der Waals surface area contributed by atoms with E-state index in [1.807, 2.05) is 18.2 Å². The molecule has 0 radical (unpaired) electrons. The monoisotopic (exact) mass is 279 g/mol. The minimum atomic E-state index is -0.188. The molecule has 2 N–H and O–H groups in total. The molecule has 106 valence electrons. The van der Waals surface area contributed by atoms with Crippen LogP contribution in [0.2, 0.25) is 0 Å². The second-order valence-corrected chi connectivity index (χ2v) is 4.65. The largest absolute Gasteiger partial charge is 0.385 e. The molecule has 0 unspecified atom stereocenters. The van der Waals surface area contributed by atoms with Crippen LogP contribution in [0, 0.1) is 11.3 Å². The Morgan fingerprint density at radius 1 is 1.14 bits per heavy atom. The van der Waals surface area contributed by atoms with Crippen LogP contribution in [0.15, 0.2) is 48.5 Å². The van der Waals surface area contributed by atoms with E-state index in [9.17, 15) is 4.79 Å². The third-order valence-corrected chi connectivity index (χ3v) is 2.98. The molecule has 1 amide bonds. The van der Waals surface area contributed by atoms with Gasteiger partial charge in [-0.05, 0) is 48.9 Å². The number of amides is 1. The zero-order chi connectivity index (χ0) is 15.1. The van der Waals surface area contributed by atoms with E-state index in [2.05, 4.69) is 17.6 Å². The summed E-state index contributed by atoms with van der Waals surface area (Å²) < 4.78 is 0. The third-order valence-electron chi connectivity index (χ3n) is 2.98. The van der Waals surface area contributed by atoms with Gasteiger partial charge in [-0.2, -0.15) is 5.26 Å². The maximum atomic E-state index is 12.1. The van der Waals surface area contributed by atoms with Crippen LogP contribution in [0.5, 0.6) is 0 Å². The fraction of sp³-hybridized carbons (Fsp3) is 0.176. The van der Waals surface area contributed by atoms with Crippen LogP contribution in [-0.2, 0) is 0 Å². The van der Waals surface area contributed by atoms with E-state index >= 15 is 0 Å². The molecule has 0 saturated heterocycles. The highest BCUT2D eigenvalue weighted by Gasteiger charge is 2.06. The number of rotatable bonds is 5. The number of benzene rings is 2. The van der Waals surface area contributed by atoms with Gasteiger partial charge in [-0.1, -0.05) is 13.0 Å². The Balaban J connectivity index is 2.04. The van der Waals surface area contributed by atoms with Crippen molar-refractivity contribution in [3.8, 4) is 6.07 Å². The lowest BCUT2D eigenvalue weighted by Crippen LogP contribution is -2.12. The average molecular weight is 279 g/mol. The molecule has 2 rings (SSSR count). The number of carbonyl (C=O) groups is 1. The predicted molar refractivity (Wildman–Crippen MR) is 84.3 cm³/mol. The molecule has 0 saturated carbocycles. The molecule has 4 nitrogen and oxygen atoms in total. The summed E-state index contributed by atoms with van der Waals surface area (Å²) in [6.45, 7) is 3.01. The average Bonchev–Trinajstić information content (AvgIpc) is 2.53. The summed E-state index contributed by atoms with van der Waals surface area (Å²) >= 11 is 0. The van der Waals surface area contributed by atoms with Crippen LogP contribution in [0.3, 0.4) is 0 Å². The van der Waals surface area contributed by atoms with Crippen molar-refractivity contribution in [3.05, 3.63) is 59.7 Å². The number of nitrogens with zero attached hydrogens (tertiary/aromatic N) is 1. The van der Waals surface area contributed by atoms with Crippen LogP contribution in [-0.4, -0.2) is 12.5 Å². The Bertz CT molecular complexity index is 656. The topological polar surface area (TPSA) is 64.9 Å². The van der Waals surface area contributed by atoms with Crippen molar-refractivity contribution in [1.29, 1.82) is 5.26 Å². The lowest BCUT2D eigenvalue weighted by molar-refractivity contribution is 0.102. The molecule has 0 aliphatic rings. The van der Waals surface area contributed by atoms with Gasteiger partial charge in [-0.3, -0.25) is 4.79 Å². The van der Waals surface area contributed by atoms with Crippen molar-refractivity contribution < 1.29 is 4.79 Å². The Morgan fingerprint density at radius 2 is 1.90 bits per heavy atom. The summed E-state index contributed by atoms with van der Waals surface area (Å²) in [4.78, 5) is 12.1. The van der Waals surface area contributed by atoms with Crippen molar-refractivity contribution in [2.24, 2.45) is 0 Å². The van der Waals surface area contributed by atoms with Gasteiger partial charge in [-0.25, -0.2) is 0 Å². The van der Waals surface area contributed by atoms with Gasteiger partial charge in [0.15, 0.2) is 0 Å². The number of carbonyl (C=O) groups excluding carboxylic acids is 1. The van der Waals surface area contributed by atoms with Crippen LogP contribution >= 0.6 is 0 Å². The molecule has 2 aromatic rings. The zero-order valence-electron chi connectivity index (χ0n) is 11.9. The van der Waals surface area contributed by atoms with Crippen LogP contribution < -0.4 is 10.6 Å². The lowest BCUT2D eigenvalue weighted by atomic mass is 10.1. The second-order valence-electron chi connectivity index (χ2n) is 4.65. The smallest absolute Gasteiger partial charge is 0.255 e. The summed E-state index contributed by atoms with van der Waals surface area (Å²) in [5, 5.41) is 14.9. The lowest BCUT2D eigenvalue weighted by Gasteiger charge is -2.07. The fourth-order valence-corrected chi connectivity index (χ4v) is 1.88. The fourth-order valence-electron chi connectivity index (χ4n) is 1.88. The van der Waals surface area contributed by atoms with Gasteiger partial charge < -0.3 is 10.6 Å². The number of hydrogen-bond acceptors (Lipinski definition) is 3. The van der Waals surface area contributed by atoms with E-state index in [0.29, 0.717) is 16.8 Å². The summed E-state index contributed by atoms with van der Waals surface area (Å²) in [5.41, 5.74) is 2.72. The molecule has 0 atom stereocenters. The molecule has 0 fully saturated rings. The minimum absolute atomic E-state index is 0.188. The molecule has 0 heterocycles. The van der Waals surface area contributed by atoms with Crippen molar-refractivity contribution in [2.75, 3.05) is 17.2 Å². The highest BCUT2D eigenvalue weighted by molar-refractivity contribution is 6.04. The van der Waals surface area contributed by atoms with E-state index in [-0.39, 0.29) is 5.91 Å². The Kier molecular flexibility index (Phi) is 4.94. The van der Waals surface area contributed by atoms with E-state index in [1.54, 1.807) is 36.4 Å². The quantitative estimate of drug-likeness (QED) is 0.878. The summed E-state index contributed by atoms with van der Waals surface area (Å²) in [6, 6.07) is 16.2. The summed E-state index contributed by atoms with van der Waals surface area (Å²) in [7, 11) is 0. The Hall–Kier alpha value is -2.80. The van der Waals surface area contributed by atoms with Gasteiger partial charge in [0, 0.05) is 23.5 Å².